The minimum atomic E-state index is -4.92. The van der Waals surface area contributed by atoms with E-state index in [1.54, 1.807) is 0 Å². The van der Waals surface area contributed by atoms with Gasteiger partial charge >= 0.3 is 71.7 Å². The van der Waals surface area contributed by atoms with Crippen molar-refractivity contribution >= 4 is 19.8 Å². The maximum absolute atomic E-state index is 10.2. The number of carbonyl (C=O) groups is 4. The first-order valence-electron chi connectivity index (χ1n) is 2.34. The van der Waals surface area contributed by atoms with Crippen LogP contribution >= 0.6 is 0 Å². The van der Waals surface area contributed by atoms with E-state index < -0.39 is 32.1 Å². The van der Waals surface area contributed by atoms with Crippen molar-refractivity contribution < 1.29 is 52.0 Å². The van der Waals surface area contributed by atoms with E-state index in [0.717, 1.165) is 0 Å². The van der Waals surface area contributed by atoms with E-state index in [1.165, 1.54) is 0 Å². The summed E-state index contributed by atoms with van der Waals surface area (Å²) in [5.74, 6) is 0. The number of rotatable bonds is 4. The maximum atomic E-state index is 10.2. The normalized spacial score (nSPS) is 11.7. The third-order valence-electron chi connectivity index (χ3n) is 0.812. The van der Waals surface area contributed by atoms with Crippen molar-refractivity contribution in [1.29, 1.82) is 0 Å². The average Bonchev–Trinajstić information content (AvgIpc) is 1.82. The summed E-state index contributed by atoms with van der Waals surface area (Å²) >= 11 is -4.92. The van der Waals surface area contributed by atoms with Crippen molar-refractivity contribution in [3.63, 3.8) is 0 Å². The fraction of sp³-hybridized carbons (Fsp3) is 0. The second kappa shape index (κ2) is 3.40. The molecular weight excluding hydrogens is 235 g/mol. The molecule has 0 spiro atoms. The Morgan fingerprint density at radius 1 is 0.615 bits per heavy atom. The van der Waals surface area contributed by atoms with E-state index in [0.29, 0.717) is 0 Å². The van der Waals surface area contributed by atoms with Gasteiger partial charge in [-0.2, -0.15) is 0 Å². The molecule has 0 aromatic heterocycles. The van der Waals surface area contributed by atoms with Gasteiger partial charge < -0.3 is 0 Å². The Bertz CT molecular complexity index is 231. The quantitative estimate of drug-likeness (QED) is 0.527. The van der Waals surface area contributed by atoms with Crippen LogP contribution in [-0.4, -0.2) is 40.2 Å². The molecule has 0 unspecified atom stereocenters. The van der Waals surface area contributed by atoms with Crippen LogP contribution in [0.15, 0.2) is 0 Å². The minimum absolute atomic E-state index is 2.36. The third kappa shape index (κ3) is 1.45. The Morgan fingerprint density at radius 2 is 0.769 bits per heavy atom. The molecule has 0 atom stereocenters. The summed E-state index contributed by atoms with van der Waals surface area (Å²) in [4.78, 5) is 31.5. The molecule has 0 saturated heterocycles. The fourth-order valence-electron chi connectivity index (χ4n) is 0.347. The SMILES string of the molecule is O=[C](O)[Ni]([C](=O)O)([C](=O)O)[C](=O)O. The van der Waals surface area contributed by atoms with Crippen molar-refractivity contribution in [1.82, 2.24) is 0 Å². The van der Waals surface area contributed by atoms with Gasteiger partial charge in [0.2, 0.25) is 0 Å². The zero-order valence-corrected chi connectivity index (χ0v) is 6.73. The summed E-state index contributed by atoms with van der Waals surface area (Å²) in [7, 11) is 0. The van der Waals surface area contributed by atoms with Crippen molar-refractivity contribution in [2.75, 3.05) is 0 Å². The van der Waals surface area contributed by atoms with Crippen molar-refractivity contribution in [3.05, 3.63) is 0 Å². The van der Waals surface area contributed by atoms with E-state index in [4.69, 9.17) is 20.4 Å². The van der Waals surface area contributed by atoms with Gasteiger partial charge in [-0.15, -0.1) is 0 Å². The zero-order valence-electron chi connectivity index (χ0n) is 5.74. The standard InChI is InChI=1S/4CHO2.Ni/c4*2-1-3;/h4*(H,2,3);. The molecule has 0 aliphatic heterocycles. The Morgan fingerprint density at radius 3 is 0.769 bits per heavy atom. The summed E-state index contributed by atoms with van der Waals surface area (Å²) in [6.07, 6.45) is 0. The van der Waals surface area contributed by atoms with E-state index in [2.05, 4.69) is 0 Å². The molecule has 0 bridgehead atoms. The van der Waals surface area contributed by atoms with Crippen LogP contribution in [-0.2, 0) is 12.4 Å². The molecule has 0 amide bonds. The molecule has 0 saturated carbocycles. The second-order valence-electron chi connectivity index (χ2n) is 1.38. The molecule has 0 rings (SSSR count). The number of carboxylic acid groups (broad SMARTS) is 4. The average molecular weight is 239 g/mol. The predicted octanol–water partition coefficient (Wildman–Crippen LogP) is 0.852. The first-order chi connectivity index (χ1) is 5.77. The van der Waals surface area contributed by atoms with E-state index in [1.807, 2.05) is 0 Å². The summed E-state index contributed by atoms with van der Waals surface area (Å²) < 4.78 is 0. The topological polar surface area (TPSA) is 149 Å². The Hall–Kier alpha value is -1.63. The summed E-state index contributed by atoms with van der Waals surface area (Å²) in [6.45, 7) is 0. The molecule has 0 aliphatic carbocycles. The summed E-state index contributed by atoms with van der Waals surface area (Å²) in [5, 5.41) is 32.9. The molecule has 8 nitrogen and oxygen atoms in total. The first-order valence-corrected chi connectivity index (χ1v) is 4.32. The van der Waals surface area contributed by atoms with E-state index in [9.17, 15) is 19.2 Å². The van der Waals surface area contributed by atoms with E-state index in [-0.39, 0.29) is 0 Å². The Labute approximate surface area is 72.5 Å². The van der Waals surface area contributed by atoms with Crippen molar-refractivity contribution in [2.45, 2.75) is 0 Å². The first kappa shape index (κ1) is 11.4. The molecule has 0 aromatic carbocycles. The zero-order chi connectivity index (χ0) is 10.8. The van der Waals surface area contributed by atoms with Gasteiger partial charge in [-0.25, -0.2) is 0 Å². The van der Waals surface area contributed by atoms with Crippen molar-refractivity contribution in [2.24, 2.45) is 0 Å². The van der Waals surface area contributed by atoms with Gasteiger partial charge in [0.05, 0.1) is 0 Å². The molecule has 0 aliphatic rings. The van der Waals surface area contributed by atoms with Gasteiger partial charge in [-0.05, 0) is 0 Å². The van der Waals surface area contributed by atoms with Crippen LogP contribution in [0, 0.1) is 0 Å². The number of hydrogen-bond donors (Lipinski definition) is 4. The molecule has 0 fully saturated rings. The monoisotopic (exact) mass is 238 g/mol. The van der Waals surface area contributed by atoms with Gasteiger partial charge in [0.1, 0.15) is 0 Å². The third-order valence-corrected chi connectivity index (χ3v) is 3.35. The molecule has 0 heterocycles. The Kier molecular flexibility index (Phi) is 2.97. The molecule has 9 heteroatoms. The van der Waals surface area contributed by atoms with Gasteiger partial charge in [0.25, 0.3) is 0 Å². The molecule has 0 aromatic rings. The second-order valence-corrected chi connectivity index (χ2v) is 4.55. The molecule has 0 radical (unpaired) electrons. The molecular formula is C4H4NiO8. The van der Waals surface area contributed by atoms with Gasteiger partial charge in [0, 0.05) is 0 Å². The van der Waals surface area contributed by atoms with Crippen LogP contribution in [0.4, 0.5) is 19.2 Å². The van der Waals surface area contributed by atoms with E-state index >= 15 is 0 Å². The van der Waals surface area contributed by atoms with Crippen LogP contribution in [0.5, 0.6) is 0 Å². The van der Waals surface area contributed by atoms with Crippen LogP contribution in [0.1, 0.15) is 0 Å². The molecule has 4 N–H and O–H groups in total. The van der Waals surface area contributed by atoms with Crippen LogP contribution < -0.4 is 0 Å². The molecule has 13 heavy (non-hydrogen) atoms. The van der Waals surface area contributed by atoms with Crippen molar-refractivity contribution in [3.8, 4) is 0 Å². The van der Waals surface area contributed by atoms with Gasteiger partial charge in [-0.3, -0.25) is 0 Å². The fourth-order valence-corrected chi connectivity index (χ4v) is 1.43. The van der Waals surface area contributed by atoms with Gasteiger partial charge in [-0.1, -0.05) is 0 Å². The Balaban J connectivity index is 5.60. The van der Waals surface area contributed by atoms with Crippen LogP contribution in [0.2, 0.25) is 0 Å². The number of hydrogen-bond acceptors (Lipinski definition) is 4. The summed E-state index contributed by atoms with van der Waals surface area (Å²) in [6, 6.07) is 0. The van der Waals surface area contributed by atoms with Gasteiger partial charge in [0.15, 0.2) is 0 Å². The predicted molar refractivity (Wildman–Crippen MR) is 32.1 cm³/mol. The summed E-state index contributed by atoms with van der Waals surface area (Å²) in [5.41, 5.74) is 0. The van der Waals surface area contributed by atoms with Crippen LogP contribution in [0.3, 0.4) is 0 Å². The molecule has 78 valence electrons. The van der Waals surface area contributed by atoms with Crippen LogP contribution in [0.25, 0.3) is 0 Å².